The van der Waals surface area contributed by atoms with Crippen molar-refractivity contribution in [1.29, 1.82) is 5.26 Å². The number of nitrogens with zero attached hydrogens (tertiary/aromatic N) is 2. The predicted molar refractivity (Wildman–Crippen MR) is 72.5 cm³/mol. The molecule has 0 radical (unpaired) electrons. The van der Waals surface area contributed by atoms with Crippen molar-refractivity contribution in [3.8, 4) is 6.07 Å². The van der Waals surface area contributed by atoms with Gasteiger partial charge in [-0.2, -0.15) is 5.26 Å². The molecule has 98 valence electrons. The number of amides is 1. The van der Waals surface area contributed by atoms with E-state index >= 15 is 0 Å². The van der Waals surface area contributed by atoms with Crippen LogP contribution in [-0.4, -0.2) is 24.8 Å². The number of fused-ring (bicyclic) bond motifs is 1. The van der Waals surface area contributed by atoms with Crippen LogP contribution in [0.1, 0.15) is 23.7 Å². The molecule has 0 aromatic heterocycles. The van der Waals surface area contributed by atoms with Gasteiger partial charge in [-0.1, -0.05) is 11.6 Å². The van der Waals surface area contributed by atoms with Crippen LogP contribution < -0.4 is 10.2 Å². The van der Waals surface area contributed by atoms with Gasteiger partial charge in [0.25, 0.3) is 11.7 Å². The zero-order valence-corrected chi connectivity index (χ0v) is 11.1. The molecule has 0 saturated heterocycles. The molecule has 0 aliphatic carbocycles. The van der Waals surface area contributed by atoms with E-state index in [1.165, 1.54) is 6.07 Å². The van der Waals surface area contributed by atoms with Crippen LogP contribution in [0.15, 0.2) is 12.1 Å². The second-order valence-electron chi connectivity index (χ2n) is 4.12. The highest BCUT2D eigenvalue weighted by molar-refractivity contribution is 6.52. The third-order valence-corrected chi connectivity index (χ3v) is 3.30. The fourth-order valence-corrected chi connectivity index (χ4v) is 2.31. The minimum atomic E-state index is -0.636. The third kappa shape index (κ3) is 2.40. The Hall–Kier alpha value is -2.06. The Balaban J connectivity index is 2.39. The molecule has 2 rings (SSSR count). The van der Waals surface area contributed by atoms with Gasteiger partial charge >= 0.3 is 0 Å². The second-order valence-corrected chi connectivity index (χ2v) is 4.53. The summed E-state index contributed by atoms with van der Waals surface area (Å²) in [5.41, 5.74) is 1.49. The SMILES string of the molecule is CCN(CCC#N)c1cc2c(cc1Cl)C(=O)C(=O)N2. The van der Waals surface area contributed by atoms with Crippen LogP contribution in [0, 0.1) is 11.3 Å². The Morgan fingerprint density at radius 1 is 1.42 bits per heavy atom. The number of halogens is 1. The fraction of sp³-hybridized carbons (Fsp3) is 0.308. The van der Waals surface area contributed by atoms with E-state index in [2.05, 4.69) is 11.4 Å². The summed E-state index contributed by atoms with van der Waals surface area (Å²) < 4.78 is 0. The van der Waals surface area contributed by atoms with Crippen LogP contribution in [0.5, 0.6) is 0 Å². The van der Waals surface area contributed by atoms with Gasteiger partial charge in [-0.3, -0.25) is 9.59 Å². The number of ketones is 1. The highest BCUT2D eigenvalue weighted by Crippen LogP contribution is 2.35. The molecule has 1 amide bonds. The Morgan fingerprint density at radius 3 is 2.79 bits per heavy atom. The molecular weight excluding hydrogens is 266 g/mol. The summed E-state index contributed by atoms with van der Waals surface area (Å²) >= 11 is 6.16. The first-order valence-corrected chi connectivity index (χ1v) is 6.27. The zero-order valence-electron chi connectivity index (χ0n) is 10.4. The lowest BCUT2D eigenvalue weighted by Gasteiger charge is -2.23. The van der Waals surface area contributed by atoms with E-state index in [0.717, 1.165) is 0 Å². The van der Waals surface area contributed by atoms with Gasteiger partial charge in [0, 0.05) is 13.1 Å². The van der Waals surface area contributed by atoms with Crippen LogP contribution in [0.3, 0.4) is 0 Å². The average molecular weight is 278 g/mol. The maximum Gasteiger partial charge on any atom is 0.296 e. The van der Waals surface area contributed by atoms with Gasteiger partial charge in [0.1, 0.15) is 0 Å². The molecule has 1 aliphatic rings. The summed E-state index contributed by atoms with van der Waals surface area (Å²) in [5.74, 6) is -1.20. The Labute approximate surface area is 115 Å². The lowest BCUT2D eigenvalue weighted by Crippen LogP contribution is -2.24. The molecule has 0 spiro atoms. The van der Waals surface area contributed by atoms with Crippen molar-refractivity contribution < 1.29 is 9.59 Å². The van der Waals surface area contributed by atoms with E-state index in [0.29, 0.717) is 41.5 Å². The molecule has 19 heavy (non-hydrogen) atoms. The monoisotopic (exact) mass is 277 g/mol. The molecule has 1 aromatic carbocycles. The number of hydrogen-bond acceptors (Lipinski definition) is 4. The normalized spacial score (nSPS) is 12.9. The molecular formula is C13H12ClN3O2. The lowest BCUT2D eigenvalue weighted by atomic mass is 10.1. The molecule has 1 N–H and O–H groups in total. The number of rotatable bonds is 4. The summed E-state index contributed by atoms with van der Waals surface area (Å²) in [4.78, 5) is 24.8. The predicted octanol–water partition coefficient (Wildman–Crippen LogP) is 2.21. The number of nitrogens with one attached hydrogen (secondary N) is 1. The van der Waals surface area contributed by atoms with Crippen LogP contribution in [0.2, 0.25) is 5.02 Å². The number of carbonyl (C=O) groups is 2. The van der Waals surface area contributed by atoms with Crippen molar-refractivity contribution in [2.75, 3.05) is 23.3 Å². The molecule has 1 heterocycles. The number of hydrogen-bond donors (Lipinski definition) is 1. The number of nitriles is 1. The van der Waals surface area contributed by atoms with Gasteiger partial charge in [-0.15, -0.1) is 0 Å². The van der Waals surface area contributed by atoms with Crippen molar-refractivity contribution >= 4 is 34.7 Å². The van der Waals surface area contributed by atoms with Gasteiger partial charge < -0.3 is 10.2 Å². The van der Waals surface area contributed by atoms with Gasteiger partial charge in [-0.05, 0) is 19.1 Å². The molecule has 1 aromatic rings. The Morgan fingerprint density at radius 2 is 2.16 bits per heavy atom. The van der Waals surface area contributed by atoms with Crippen LogP contribution in [-0.2, 0) is 4.79 Å². The molecule has 0 bridgehead atoms. The molecule has 0 fully saturated rings. The van der Waals surface area contributed by atoms with Gasteiger partial charge in [0.2, 0.25) is 0 Å². The highest BCUT2D eigenvalue weighted by Gasteiger charge is 2.29. The first-order valence-electron chi connectivity index (χ1n) is 5.89. The first-order chi connectivity index (χ1) is 9.08. The van der Waals surface area contributed by atoms with Gasteiger partial charge in [0.05, 0.1) is 34.5 Å². The maximum atomic E-state index is 11.5. The van der Waals surface area contributed by atoms with Crippen molar-refractivity contribution in [3.05, 3.63) is 22.7 Å². The van der Waals surface area contributed by atoms with E-state index in [4.69, 9.17) is 16.9 Å². The first kappa shape index (κ1) is 13.4. The van der Waals surface area contributed by atoms with E-state index in [1.807, 2.05) is 11.8 Å². The molecule has 0 atom stereocenters. The summed E-state index contributed by atoms with van der Waals surface area (Å²) in [6.07, 6.45) is 0.381. The molecule has 1 aliphatic heterocycles. The smallest absolute Gasteiger partial charge is 0.296 e. The van der Waals surface area contributed by atoms with E-state index < -0.39 is 11.7 Å². The topological polar surface area (TPSA) is 73.2 Å². The number of Topliss-reactive ketones (excluding diaryl/α,β-unsaturated/α-hetero) is 1. The van der Waals surface area contributed by atoms with Crippen molar-refractivity contribution in [2.24, 2.45) is 0 Å². The van der Waals surface area contributed by atoms with E-state index in [9.17, 15) is 9.59 Å². The van der Waals surface area contributed by atoms with E-state index in [-0.39, 0.29) is 0 Å². The van der Waals surface area contributed by atoms with Crippen molar-refractivity contribution in [3.63, 3.8) is 0 Å². The number of anilines is 2. The largest absolute Gasteiger partial charge is 0.370 e. The standard InChI is InChI=1S/C13H12ClN3O2/c1-2-17(5-3-4-15)11-7-10-8(6-9(11)14)12(18)13(19)16-10/h6-7H,2-3,5H2,1H3,(H,16,18,19). The third-order valence-electron chi connectivity index (χ3n) is 3.00. The summed E-state index contributed by atoms with van der Waals surface area (Å²) in [5, 5.41) is 11.6. The lowest BCUT2D eigenvalue weighted by molar-refractivity contribution is -0.112. The fourth-order valence-electron chi connectivity index (χ4n) is 2.03. The van der Waals surface area contributed by atoms with Gasteiger partial charge in [-0.25, -0.2) is 0 Å². The maximum absolute atomic E-state index is 11.5. The quantitative estimate of drug-likeness (QED) is 0.857. The molecule has 0 saturated carbocycles. The van der Waals surface area contributed by atoms with Gasteiger partial charge in [0.15, 0.2) is 0 Å². The van der Waals surface area contributed by atoms with Crippen LogP contribution in [0.4, 0.5) is 11.4 Å². The molecule has 5 nitrogen and oxygen atoms in total. The number of benzene rings is 1. The van der Waals surface area contributed by atoms with Crippen molar-refractivity contribution in [2.45, 2.75) is 13.3 Å². The minimum Gasteiger partial charge on any atom is -0.370 e. The van der Waals surface area contributed by atoms with E-state index in [1.54, 1.807) is 6.07 Å². The average Bonchev–Trinajstić information content (AvgIpc) is 2.66. The molecule has 0 unspecified atom stereocenters. The minimum absolute atomic E-state index is 0.301. The number of carbonyl (C=O) groups excluding carboxylic acids is 2. The van der Waals surface area contributed by atoms with Crippen LogP contribution >= 0.6 is 11.6 Å². The Kier molecular flexibility index (Phi) is 3.72. The Bertz CT molecular complexity index is 592. The van der Waals surface area contributed by atoms with Crippen molar-refractivity contribution in [1.82, 2.24) is 0 Å². The second kappa shape index (κ2) is 5.29. The zero-order chi connectivity index (χ0) is 14.0. The van der Waals surface area contributed by atoms with Crippen LogP contribution in [0.25, 0.3) is 0 Å². The summed E-state index contributed by atoms with van der Waals surface area (Å²) in [7, 11) is 0. The summed E-state index contributed by atoms with van der Waals surface area (Å²) in [6.45, 7) is 3.18. The molecule has 6 heteroatoms. The highest BCUT2D eigenvalue weighted by atomic mass is 35.5. The summed E-state index contributed by atoms with van der Waals surface area (Å²) in [6, 6.07) is 5.26.